The molecule has 0 aromatic heterocycles. The molecule has 1 unspecified atom stereocenters. The van der Waals surface area contributed by atoms with Crippen LogP contribution in [0.1, 0.15) is 25.8 Å². The quantitative estimate of drug-likeness (QED) is 0.789. The lowest BCUT2D eigenvalue weighted by Gasteiger charge is -2.20. The summed E-state index contributed by atoms with van der Waals surface area (Å²) in [7, 11) is 0. The Labute approximate surface area is 129 Å². The molecule has 0 aliphatic heterocycles. The van der Waals surface area contributed by atoms with Crippen LogP contribution in [0.15, 0.2) is 24.3 Å². The van der Waals surface area contributed by atoms with Crippen molar-refractivity contribution >= 4 is 35.2 Å². The molecule has 0 saturated heterocycles. The maximum atomic E-state index is 11.8. The molecule has 0 saturated carbocycles. The number of aliphatic hydroxyl groups excluding tert-OH is 1. The minimum atomic E-state index is -0.191. The third-order valence-corrected chi connectivity index (χ3v) is 3.68. The van der Waals surface area contributed by atoms with Crippen molar-refractivity contribution < 1.29 is 9.90 Å². The fourth-order valence-electron chi connectivity index (χ4n) is 1.73. The van der Waals surface area contributed by atoms with E-state index in [4.69, 9.17) is 28.3 Å². The van der Waals surface area contributed by atoms with Gasteiger partial charge in [-0.05, 0) is 36.1 Å². The monoisotopic (exact) mass is 315 g/mol. The van der Waals surface area contributed by atoms with E-state index in [9.17, 15) is 4.79 Å². The number of hydrogen-bond acceptors (Lipinski definition) is 2. The first kappa shape index (κ1) is 17.0. The zero-order valence-corrected chi connectivity index (χ0v) is 13.1. The normalized spacial score (nSPS) is 12.9. The van der Waals surface area contributed by atoms with E-state index in [-0.39, 0.29) is 24.5 Å². The fourth-order valence-corrected chi connectivity index (χ4v) is 2.04. The van der Waals surface area contributed by atoms with Gasteiger partial charge >= 0.3 is 0 Å². The minimum absolute atomic E-state index is 0.0362. The third-order valence-electron chi connectivity index (χ3n) is 2.94. The van der Waals surface area contributed by atoms with Crippen LogP contribution in [-0.2, 0) is 4.79 Å². The first-order chi connectivity index (χ1) is 9.43. The van der Waals surface area contributed by atoms with Crippen LogP contribution in [0.4, 0.5) is 0 Å². The highest BCUT2D eigenvalue weighted by atomic mass is 35.5. The van der Waals surface area contributed by atoms with Gasteiger partial charge in [0.2, 0.25) is 5.91 Å². The van der Waals surface area contributed by atoms with Crippen LogP contribution in [0.25, 0.3) is 6.08 Å². The zero-order valence-electron chi connectivity index (χ0n) is 11.6. The van der Waals surface area contributed by atoms with Crippen LogP contribution in [-0.4, -0.2) is 23.7 Å². The van der Waals surface area contributed by atoms with E-state index in [0.29, 0.717) is 16.5 Å². The molecule has 0 heterocycles. The minimum Gasteiger partial charge on any atom is -0.396 e. The molecule has 1 rings (SSSR count). The number of halogens is 2. The number of hydrogen-bond donors (Lipinski definition) is 2. The van der Waals surface area contributed by atoms with E-state index in [1.165, 1.54) is 6.08 Å². The summed E-state index contributed by atoms with van der Waals surface area (Å²) in [5.41, 5.74) is 0.804. The van der Waals surface area contributed by atoms with Crippen LogP contribution in [0.3, 0.4) is 0 Å². The topological polar surface area (TPSA) is 49.3 Å². The molecule has 0 aliphatic rings. The summed E-state index contributed by atoms with van der Waals surface area (Å²) in [4.78, 5) is 11.8. The average Bonchev–Trinajstić information content (AvgIpc) is 2.39. The van der Waals surface area contributed by atoms with Gasteiger partial charge < -0.3 is 10.4 Å². The molecule has 1 aromatic carbocycles. The summed E-state index contributed by atoms with van der Waals surface area (Å²) in [6, 6.07) is 5.13. The van der Waals surface area contributed by atoms with Crippen molar-refractivity contribution in [1.82, 2.24) is 5.32 Å². The number of carbonyl (C=O) groups is 1. The van der Waals surface area contributed by atoms with Crippen molar-refractivity contribution in [2.24, 2.45) is 5.92 Å². The summed E-state index contributed by atoms with van der Waals surface area (Å²) in [6.07, 6.45) is 3.67. The molecule has 0 radical (unpaired) electrons. The second-order valence-corrected chi connectivity index (χ2v) is 5.69. The van der Waals surface area contributed by atoms with E-state index < -0.39 is 0 Å². The Morgan fingerprint density at radius 3 is 2.60 bits per heavy atom. The van der Waals surface area contributed by atoms with Gasteiger partial charge in [0.05, 0.1) is 10.0 Å². The molecule has 0 fully saturated rings. The SMILES string of the molecule is CC(C)C(CCO)NC(=O)/C=C/c1ccc(Cl)c(Cl)c1. The Morgan fingerprint density at radius 1 is 1.35 bits per heavy atom. The molecule has 1 atom stereocenters. The van der Waals surface area contributed by atoms with E-state index in [1.807, 2.05) is 13.8 Å². The molecule has 0 spiro atoms. The molecule has 1 aromatic rings. The predicted molar refractivity (Wildman–Crippen MR) is 84.0 cm³/mol. The predicted octanol–water partition coefficient (Wildman–Crippen LogP) is 3.53. The number of carbonyl (C=O) groups excluding carboxylic acids is 1. The van der Waals surface area contributed by atoms with Gasteiger partial charge in [-0.3, -0.25) is 4.79 Å². The van der Waals surface area contributed by atoms with Crippen molar-refractivity contribution in [2.75, 3.05) is 6.61 Å². The van der Waals surface area contributed by atoms with Crippen molar-refractivity contribution in [3.05, 3.63) is 39.9 Å². The van der Waals surface area contributed by atoms with Gasteiger partial charge in [-0.15, -0.1) is 0 Å². The van der Waals surface area contributed by atoms with Crippen LogP contribution in [0.2, 0.25) is 10.0 Å². The van der Waals surface area contributed by atoms with E-state index in [0.717, 1.165) is 5.56 Å². The third kappa shape index (κ3) is 5.53. The van der Waals surface area contributed by atoms with Crippen molar-refractivity contribution in [1.29, 1.82) is 0 Å². The van der Waals surface area contributed by atoms with Crippen molar-refractivity contribution in [2.45, 2.75) is 26.3 Å². The highest BCUT2D eigenvalue weighted by Crippen LogP contribution is 2.23. The standard InChI is InChI=1S/C15H19Cl2NO2/c1-10(2)14(7-8-19)18-15(20)6-4-11-3-5-12(16)13(17)9-11/h3-6,9-10,14,19H,7-8H2,1-2H3,(H,18,20)/b6-4+. The Hall–Kier alpha value is -1.03. The molecule has 1 amide bonds. The Morgan fingerprint density at radius 2 is 2.05 bits per heavy atom. The van der Waals surface area contributed by atoms with Gasteiger partial charge in [-0.2, -0.15) is 0 Å². The second kappa shape index (κ2) is 8.30. The van der Waals surface area contributed by atoms with Gasteiger partial charge in [-0.25, -0.2) is 0 Å². The Bertz CT molecular complexity index is 487. The first-order valence-electron chi connectivity index (χ1n) is 6.48. The van der Waals surface area contributed by atoms with Gasteiger partial charge in [0.1, 0.15) is 0 Å². The van der Waals surface area contributed by atoms with Crippen LogP contribution < -0.4 is 5.32 Å². The maximum absolute atomic E-state index is 11.8. The smallest absolute Gasteiger partial charge is 0.244 e. The zero-order chi connectivity index (χ0) is 15.1. The number of benzene rings is 1. The lowest BCUT2D eigenvalue weighted by atomic mass is 10.0. The number of rotatable bonds is 6. The van der Waals surface area contributed by atoms with Gasteiger partial charge in [0.15, 0.2) is 0 Å². The van der Waals surface area contributed by atoms with Crippen LogP contribution >= 0.6 is 23.2 Å². The van der Waals surface area contributed by atoms with E-state index >= 15 is 0 Å². The molecule has 0 aliphatic carbocycles. The van der Waals surface area contributed by atoms with Gasteiger partial charge in [0.25, 0.3) is 0 Å². The Kier molecular flexibility index (Phi) is 7.06. The second-order valence-electron chi connectivity index (χ2n) is 4.88. The molecule has 20 heavy (non-hydrogen) atoms. The maximum Gasteiger partial charge on any atom is 0.244 e. The molecular weight excluding hydrogens is 297 g/mol. The molecule has 3 nitrogen and oxygen atoms in total. The largest absolute Gasteiger partial charge is 0.396 e. The average molecular weight is 316 g/mol. The summed E-state index contributed by atoms with van der Waals surface area (Å²) >= 11 is 11.7. The lowest BCUT2D eigenvalue weighted by molar-refractivity contribution is -0.117. The molecule has 5 heteroatoms. The van der Waals surface area contributed by atoms with Gasteiger partial charge in [-0.1, -0.05) is 43.1 Å². The summed E-state index contributed by atoms with van der Waals surface area (Å²) in [6.45, 7) is 4.06. The van der Waals surface area contributed by atoms with Crippen molar-refractivity contribution in [3.8, 4) is 0 Å². The lowest BCUT2D eigenvalue weighted by Crippen LogP contribution is -2.38. The number of nitrogens with one attached hydrogen (secondary N) is 1. The summed E-state index contributed by atoms with van der Waals surface area (Å²) in [5, 5.41) is 12.8. The highest BCUT2D eigenvalue weighted by molar-refractivity contribution is 6.42. The fraction of sp³-hybridized carbons (Fsp3) is 0.400. The Balaban J connectivity index is 2.64. The van der Waals surface area contributed by atoms with E-state index in [2.05, 4.69) is 5.32 Å². The number of aliphatic hydroxyl groups is 1. The van der Waals surface area contributed by atoms with Crippen LogP contribution in [0.5, 0.6) is 0 Å². The van der Waals surface area contributed by atoms with Crippen LogP contribution in [0, 0.1) is 5.92 Å². The first-order valence-corrected chi connectivity index (χ1v) is 7.24. The highest BCUT2D eigenvalue weighted by Gasteiger charge is 2.13. The summed E-state index contributed by atoms with van der Waals surface area (Å²) in [5.74, 6) is 0.0766. The molecular formula is C15H19Cl2NO2. The number of amides is 1. The van der Waals surface area contributed by atoms with Gasteiger partial charge in [0, 0.05) is 18.7 Å². The van der Waals surface area contributed by atoms with E-state index in [1.54, 1.807) is 24.3 Å². The molecule has 2 N–H and O–H groups in total. The molecule has 110 valence electrons. The summed E-state index contributed by atoms with van der Waals surface area (Å²) < 4.78 is 0. The molecule has 0 bridgehead atoms. The van der Waals surface area contributed by atoms with Crippen molar-refractivity contribution in [3.63, 3.8) is 0 Å².